The van der Waals surface area contributed by atoms with E-state index in [4.69, 9.17) is 4.74 Å². The second-order valence-electron chi connectivity index (χ2n) is 3.59. The zero-order valence-corrected chi connectivity index (χ0v) is 10.6. The van der Waals surface area contributed by atoms with Crippen molar-refractivity contribution in [3.05, 3.63) is 36.9 Å². The normalized spacial score (nSPS) is 13.6. The number of nitrogens with zero attached hydrogens (tertiary/aromatic N) is 2. The van der Waals surface area contributed by atoms with Crippen molar-refractivity contribution in [2.24, 2.45) is 9.98 Å². The summed E-state index contributed by atoms with van der Waals surface area (Å²) in [5.41, 5.74) is 2.53. The zero-order chi connectivity index (χ0) is 12.6. The minimum Gasteiger partial charge on any atom is -0.491 e. The molecule has 3 heteroatoms. The van der Waals surface area contributed by atoms with Crippen LogP contribution in [-0.2, 0) is 4.74 Å². The minimum absolute atomic E-state index is 0.456. The molecule has 0 N–H and O–H groups in total. The summed E-state index contributed by atoms with van der Waals surface area (Å²) < 4.78 is 5.45. The van der Waals surface area contributed by atoms with E-state index in [0.29, 0.717) is 6.61 Å². The maximum absolute atomic E-state index is 5.45. The quantitative estimate of drug-likeness (QED) is 0.498. The lowest BCUT2D eigenvalue weighted by molar-refractivity contribution is 0.260. The average Bonchev–Trinajstić information content (AvgIpc) is 2.22. The molecule has 0 aromatic carbocycles. The van der Waals surface area contributed by atoms with E-state index in [9.17, 15) is 0 Å². The highest BCUT2D eigenvalue weighted by molar-refractivity contribution is 5.92. The van der Waals surface area contributed by atoms with Gasteiger partial charge >= 0.3 is 0 Å². The number of aliphatic imine (C=N–C) groups is 2. The number of hydrogen-bond acceptors (Lipinski definition) is 3. The van der Waals surface area contributed by atoms with Gasteiger partial charge in [-0.05, 0) is 33.8 Å². The number of ether oxygens (including phenoxy) is 1. The Morgan fingerprint density at radius 1 is 1.25 bits per heavy atom. The molecule has 0 spiro atoms. The first-order chi connectivity index (χ1) is 7.45. The second kappa shape index (κ2) is 7.63. The second-order valence-corrected chi connectivity index (χ2v) is 3.59. The third-order valence-corrected chi connectivity index (χ3v) is 1.64. The molecule has 3 nitrogen and oxygen atoms in total. The Kier molecular flexibility index (Phi) is 6.84. The van der Waals surface area contributed by atoms with E-state index < -0.39 is 0 Å². The molecule has 0 fully saturated rings. The van der Waals surface area contributed by atoms with Crippen LogP contribution in [0.1, 0.15) is 27.7 Å². The van der Waals surface area contributed by atoms with Crippen molar-refractivity contribution >= 4 is 11.4 Å². The monoisotopic (exact) mass is 220 g/mol. The summed E-state index contributed by atoms with van der Waals surface area (Å²) >= 11 is 0. The van der Waals surface area contributed by atoms with E-state index in [0.717, 1.165) is 22.9 Å². The molecular weight excluding hydrogens is 200 g/mol. The van der Waals surface area contributed by atoms with Crippen molar-refractivity contribution in [1.82, 2.24) is 0 Å². The molecule has 0 aromatic heterocycles. The Bertz CT molecular complexity index is 349. The van der Waals surface area contributed by atoms with Crippen LogP contribution in [0.15, 0.2) is 46.9 Å². The van der Waals surface area contributed by atoms with Gasteiger partial charge in [-0.1, -0.05) is 13.2 Å². The Balaban J connectivity index is 4.22. The maximum atomic E-state index is 5.45. The van der Waals surface area contributed by atoms with Crippen molar-refractivity contribution in [1.29, 1.82) is 0 Å². The molecule has 0 saturated heterocycles. The van der Waals surface area contributed by atoms with Gasteiger partial charge < -0.3 is 4.74 Å². The van der Waals surface area contributed by atoms with Gasteiger partial charge in [0.15, 0.2) is 0 Å². The van der Waals surface area contributed by atoms with Crippen molar-refractivity contribution in [2.75, 3.05) is 6.61 Å². The SMILES string of the molecule is C=C/C(C)=N\C=C(/C)OC/C(C)=N/C(=C)C. The van der Waals surface area contributed by atoms with E-state index in [2.05, 4.69) is 23.1 Å². The molecule has 0 aliphatic rings. The average molecular weight is 220 g/mol. The fraction of sp³-hybridized carbons (Fsp3) is 0.385. The Hall–Kier alpha value is -1.64. The van der Waals surface area contributed by atoms with Crippen LogP contribution in [0, 0.1) is 0 Å². The van der Waals surface area contributed by atoms with Crippen molar-refractivity contribution in [3.63, 3.8) is 0 Å². The summed E-state index contributed by atoms with van der Waals surface area (Å²) in [5, 5.41) is 0. The number of hydrogen-bond donors (Lipinski definition) is 0. The highest BCUT2D eigenvalue weighted by atomic mass is 16.5. The Morgan fingerprint density at radius 2 is 1.88 bits per heavy atom. The summed E-state index contributed by atoms with van der Waals surface area (Å²) in [6.45, 7) is 15.3. The molecule has 88 valence electrons. The predicted molar refractivity (Wildman–Crippen MR) is 70.9 cm³/mol. The minimum atomic E-state index is 0.456. The molecule has 0 radical (unpaired) electrons. The van der Waals surface area contributed by atoms with Crippen LogP contribution in [0.4, 0.5) is 0 Å². The van der Waals surface area contributed by atoms with E-state index in [1.807, 2.05) is 27.7 Å². The van der Waals surface area contributed by atoms with E-state index in [-0.39, 0.29) is 0 Å². The summed E-state index contributed by atoms with van der Waals surface area (Å²) in [7, 11) is 0. The van der Waals surface area contributed by atoms with Crippen molar-refractivity contribution in [3.8, 4) is 0 Å². The van der Waals surface area contributed by atoms with Crippen LogP contribution in [0.3, 0.4) is 0 Å². The van der Waals surface area contributed by atoms with E-state index >= 15 is 0 Å². The molecule has 0 rings (SSSR count). The lowest BCUT2D eigenvalue weighted by Gasteiger charge is -2.04. The summed E-state index contributed by atoms with van der Waals surface area (Å²) in [4.78, 5) is 8.31. The Morgan fingerprint density at radius 3 is 2.38 bits per heavy atom. The first-order valence-corrected chi connectivity index (χ1v) is 5.11. The molecule has 0 saturated carbocycles. The Labute approximate surface area is 98.0 Å². The van der Waals surface area contributed by atoms with Crippen LogP contribution < -0.4 is 0 Å². The van der Waals surface area contributed by atoms with Crippen molar-refractivity contribution in [2.45, 2.75) is 27.7 Å². The van der Waals surface area contributed by atoms with Gasteiger partial charge in [0.1, 0.15) is 12.4 Å². The molecule has 0 bridgehead atoms. The van der Waals surface area contributed by atoms with Crippen molar-refractivity contribution < 1.29 is 4.74 Å². The van der Waals surface area contributed by atoms with E-state index in [1.54, 1.807) is 12.3 Å². The zero-order valence-electron chi connectivity index (χ0n) is 10.6. The first-order valence-electron chi connectivity index (χ1n) is 5.11. The van der Waals surface area contributed by atoms with Crippen LogP contribution in [0.5, 0.6) is 0 Å². The molecule has 0 aliphatic heterocycles. The van der Waals surface area contributed by atoms with Gasteiger partial charge in [0.2, 0.25) is 0 Å². The topological polar surface area (TPSA) is 34.0 Å². The van der Waals surface area contributed by atoms with Gasteiger partial charge in [-0.3, -0.25) is 9.98 Å². The third-order valence-electron chi connectivity index (χ3n) is 1.64. The molecule has 0 unspecified atom stereocenters. The standard InChI is InChI=1S/C13H20N2O/c1-7-11(4)14-8-13(6)16-9-12(5)15-10(2)3/h7-8H,1-2,9H2,3-6H3/b13-8+,14-11-,15-12+. The fourth-order valence-electron chi connectivity index (χ4n) is 0.859. The molecule has 0 amide bonds. The lowest BCUT2D eigenvalue weighted by Crippen LogP contribution is -2.03. The van der Waals surface area contributed by atoms with Crippen LogP contribution >= 0.6 is 0 Å². The van der Waals surface area contributed by atoms with Gasteiger partial charge in [0.05, 0.1) is 11.9 Å². The summed E-state index contributed by atoms with van der Waals surface area (Å²) in [5.74, 6) is 0.748. The summed E-state index contributed by atoms with van der Waals surface area (Å²) in [6.07, 6.45) is 3.36. The van der Waals surface area contributed by atoms with Gasteiger partial charge in [-0.25, -0.2) is 0 Å². The molecule has 0 heterocycles. The number of allylic oxidation sites excluding steroid dienone is 3. The first kappa shape index (κ1) is 14.4. The number of rotatable bonds is 6. The van der Waals surface area contributed by atoms with Gasteiger partial charge in [-0.2, -0.15) is 0 Å². The van der Waals surface area contributed by atoms with Gasteiger partial charge in [-0.15, -0.1) is 0 Å². The highest BCUT2D eigenvalue weighted by Gasteiger charge is 1.93. The van der Waals surface area contributed by atoms with Gasteiger partial charge in [0, 0.05) is 11.4 Å². The molecule has 0 aliphatic carbocycles. The molecular formula is C13H20N2O. The fourth-order valence-corrected chi connectivity index (χ4v) is 0.859. The van der Waals surface area contributed by atoms with Crippen LogP contribution in [-0.4, -0.2) is 18.0 Å². The predicted octanol–water partition coefficient (Wildman–Crippen LogP) is 3.51. The largest absolute Gasteiger partial charge is 0.491 e. The van der Waals surface area contributed by atoms with Gasteiger partial charge in [0.25, 0.3) is 0 Å². The third kappa shape index (κ3) is 7.74. The van der Waals surface area contributed by atoms with E-state index in [1.165, 1.54) is 0 Å². The van der Waals surface area contributed by atoms with Crippen LogP contribution in [0.25, 0.3) is 0 Å². The van der Waals surface area contributed by atoms with Crippen LogP contribution in [0.2, 0.25) is 0 Å². The molecule has 0 atom stereocenters. The molecule has 0 aromatic rings. The lowest BCUT2D eigenvalue weighted by atomic mass is 10.4. The highest BCUT2D eigenvalue weighted by Crippen LogP contribution is 1.99. The molecule has 16 heavy (non-hydrogen) atoms. The maximum Gasteiger partial charge on any atom is 0.126 e. The smallest absolute Gasteiger partial charge is 0.126 e. The summed E-state index contributed by atoms with van der Waals surface area (Å²) in [6, 6.07) is 0.